The number of rotatable bonds is 10. The van der Waals surface area contributed by atoms with Crippen molar-refractivity contribution in [1.82, 2.24) is 5.32 Å². The molecule has 11 heteroatoms. The quantitative estimate of drug-likeness (QED) is 0.178. The van der Waals surface area contributed by atoms with Crippen LogP contribution in [0.4, 0.5) is 0 Å². The molecule has 1 saturated heterocycles. The normalized spacial score (nSPS) is 35.2. The van der Waals surface area contributed by atoms with Gasteiger partial charge in [0, 0.05) is 6.54 Å². The van der Waals surface area contributed by atoms with E-state index in [-0.39, 0.29) is 19.6 Å². The van der Waals surface area contributed by atoms with Crippen LogP contribution in [0.25, 0.3) is 0 Å². The Morgan fingerprint density at radius 2 is 1.56 bits per heavy atom. The van der Waals surface area contributed by atoms with Crippen LogP contribution >= 0.6 is 0 Å². The van der Waals surface area contributed by atoms with Crippen LogP contribution in [0.2, 0.25) is 0 Å². The number of aliphatic hydroxyl groups excluding tert-OH is 8. The van der Waals surface area contributed by atoms with Crippen molar-refractivity contribution in [1.29, 1.82) is 0 Å². The molecule has 0 aromatic carbocycles. The maximum absolute atomic E-state index is 9.84. The largest absolute Gasteiger partial charge is 0.394 e. The van der Waals surface area contributed by atoms with Crippen LogP contribution in [0.1, 0.15) is 6.42 Å². The molecular weight excluding hydrogens is 342 g/mol. The standard InChI is InChI=1S/C14H29NO10/c1-15-4-7(18)10(20)9(19)6(17)2-3-24-14-13(23)12(22)11(21)8(5-16)25-14/h6-23H,2-5H2,1H3. The van der Waals surface area contributed by atoms with E-state index in [0.29, 0.717) is 0 Å². The molecule has 150 valence electrons. The first-order valence-corrected chi connectivity index (χ1v) is 8.03. The van der Waals surface area contributed by atoms with Gasteiger partial charge in [0.2, 0.25) is 0 Å². The maximum Gasteiger partial charge on any atom is 0.186 e. The highest BCUT2D eigenvalue weighted by molar-refractivity contribution is 4.89. The monoisotopic (exact) mass is 371 g/mol. The van der Waals surface area contributed by atoms with E-state index >= 15 is 0 Å². The lowest BCUT2D eigenvalue weighted by Gasteiger charge is -2.39. The van der Waals surface area contributed by atoms with Gasteiger partial charge in [0.25, 0.3) is 0 Å². The second kappa shape index (κ2) is 10.6. The summed E-state index contributed by atoms with van der Waals surface area (Å²) in [6.45, 7) is -0.802. The van der Waals surface area contributed by atoms with E-state index in [1.807, 2.05) is 0 Å². The summed E-state index contributed by atoms with van der Waals surface area (Å²) >= 11 is 0. The molecule has 0 bridgehead atoms. The van der Waals surface area contributed by atoms with Crippen LogP contribution in [0.5, 0.6) is 0 Å². The van der Waals surface area contributed by atoms with Gasteiger partial charge in [-0.15, -0.1) is 0 Å². The lowest BCUT2D eigenvalue weighted by atomic mass is 9.99. The highest BCUT2D eigenvalue weighted by Gasteiger charge is 2.44. The van der Waals surface area contributed by atoms with Gasteiger partial charge in [-0.05, 0) is 13.5 Å². The summed E-state index contributed by atoms with van der Waals surface area (Å²) in [5, 5.41) is 79.6. The van der Waals surface area contributed by atoms with Crippen molar-refractivity contribution in [3.05, 3.63) is 0 Å². The molecule has 0 aromatic heterocycles. The molecule has 9 atom stereocenters. The fraction of sp³-hybridized carbons (Fsp3) is 1.00. The van der Waals surface area contributed by atoms with Gasteiger partial charge >= 0.3 is 0 Å². The maximum atomic E-state index is 9.84. The zero-order valence-electron chi connectivity index (χ0n) is 13.9. The van der Waals surface area contributed by atoms with E-state index in [1.165, 1.54) is 0 Å². The van der Waals surface area contributed by atoms with E-state index in [0.717, 1.165) is 0 Å². The molecule has 0 aliphatic carbocycles. The van der Waals surface area contributed by atoms with Crippen LogP contribution in [0.3, 0.4) is 0 Å². The molecule has 1 heterocycles. The summed E-state index contributed by atoms with van der Waals surface area (Å²) in [5.74, 6) is 0. The van der Waals surface area contributed by atoms with Crippen LogP contribution in [-0.2, 0) is 9.47 Å². The Balaban J connectivity index is 2.45. The lowest BCUT2D eigenvalue weighted by Crippen LogP contribution is -2.59. The smallest absolute Gasteiger partial charge is 0.186 e. The van der Waals surface area contributed by atoms with Crippen LogP contribution in [0, 0.1) is 0 Å². The second-order valence-corrected chi connectivity index (χ2v) is 6.03. The highest BCUT2D eigenvalue weighted by Crippen LogP contribution is 2.22. The molecule has 9 unspecified atom stereocenters. The average Bonchev–Trinajstić information content (AvgIpc) is 2.60. The molecule has 0 radical (unpaired) electrons. The van der Waals surface area contributed by atoms with Gasteiger partial charge in [-0.1, -0.05) is 0 Å². The van der Waals surface area contributed by atoms with Gasteiger partial charge in [-0.3, -0.25) is 0 Å². The molecule has 1 fully saturated rings. The molecule has 0 aromatic rings. The number of hydrogen-bond acceptors (Lipinski definition) is 11. The minimum Gasteiger partial charge on any atom is -0.394 e. The second-order valence-electron chi connectivity index (χ2n) is 6.03. The van der Waals surface area contributed by atoms with Crippen molar-refractivity contribution >= 4 is 0 Å². The van der Waals surface area contributed by atoms with Gasteiger partial charge in [-0.2, -0.15) is 0 Å². The van der Waals surface area contributed by atoms with E-state index in [2.05, 4.69) is 5.32 Å². The van der Waals surface area contributed by atoms with Crippen molar-refractivity contribution in [2.45, 2.75) is 61.5 Å². The van der Waals surface area contributed by atoms with Gasteiger partial charge in [-0.25, -0.2) is 0 Å². The van der Waals surface area contributed by atoms with Crippen molar-refractivity contribution in [2.24, 2.45) is 0 Å². The molecule has 1 aliphatic rings. The molecule has 25 heavy (non-hydrogen) atoms. The first-order valence-electron chi connectivity index (χ1n) is 8.03. The van der Waals surface area contributed by atoms with Gasteiger partial charge in [0.1, 0.15) is 36.6 Å². The average molecular weight is 371 g/mol. The third kappa shape index (κ3) is 6.05. The predicted octanol–water partition coefficient (Wildman–Crippen LogP) is -5.14. The SMILES string of the molecule is CNCC(O)C(O)C(O)C(O)CCOC1OC(CO)C(O)C(O)C1O. The summed E-state index contributed by atoms with van der Waals surface area (Å²) in [5.41, 5.74) is 0. The molecule has 1 aliphatic heterocycles. The van der Waals surface area contributed by atoms with Gasteiger partial charge in [0.05, 0.1) is 25.4 Å². The third-order valence-corrected chi connectivity index (χ3v) is 4.10. The Morgan fingerprint density at radius 1 is 0.960 bits per heavy atom. The van der Waals surface area contributed by atoms with Crippen molar-refractivity contribution in [3.63, 3.8) is 0 Å². The number of likely N-dealkylation sites (N-methyl/N-ethyl adjacent to an activating group) is 1. The molecular formula is C14H29NO10. The summed E-state index contributed by atoms with van der Waals surface area (Å²) in [7, 11) is 1.55. The van der Waals surface area contributed by atoms with Crippen LogP contribution < -0.4 is 5.32 Å². The topological polar surface area (TPSA) is 192 Å². The summed E-state index contributed by atoms with van der Waals surface area (Å²) < 4.78 is 10.3. The Bertz CT molecular complexity index is 374. The van der Waals surface area contributed by atoms with E-state index in [1.54, 1.807) is 7.05 Å². The zero-order chi connectivity index (χ0) is 19.1. The lowest BCUT2D eigenvalue weighted by molar-refractivity contribution is -0.302. The Hall–Kier alpha value is -0.440. The Labute approximate surface area is 145 Å². The van der Waals surface area contributed by atoms with Gasteiger partial charge in [0.15, 0.2) is 6.29 Å². The van der Waals surface area contributed by atoms with E-state index in [4.69, 9.17) is 14.6 Å². The summed E-state index contributed by atoms with van der Waals surface area (Å²) in [6.07, 6.45) is -13.2. The van der Waals surface area contributed by atoms with Gasteiger partial charge < -0.3 is 55.6 Å². The molecule has 1 rings (SSSR count). The minimum atomic E-state index is -1.62. The fourth-order valence-electron chi connectivity index (χ4n) is 2.47. The van der Waals surface area contributed by atoms with E-state index in [9.17, 15) is 35.7 Å². The predicted molar refractivity (Wildman–Crippen MR) is 82.3 cm³/mol. The van der Waals surface area contributed by atoms with Crippen molar-refractivity contribution in [2.75, 3.05) is 26.8 Å². The summed E-state index contributed by atoms with van der Waals surface area (Å²) in [4.78, 5) is 0. The van der Waals surface area contributed by atoms with Crippen molar-refractivity contribution < 1.29 is 50.3 Å². The molecule has 0 spiro atoms. The minimum absolute atomic E-state index is 0.0202. The first kappa shape index (κ1) is 22.6. The van der Waals surface area contributed by atoms with Crippen LogP contribution in [-0.4, -0.2) is 123 Å². The zero-order valence-corrected chi connectivity index (χ0v) is 13.9. The molecule has 0 saturated carbocycles. The number of nitrogens with one attached hydrogen (secondary N) is 1. The van der Waals surface area contributed by atoms with E-state index < -0.39 is 61.7 Å². The number of hydrogen-bond donors (Lipinski definition) is 9. The first-order chi connectivity index (χ1) is 11.7. The fourth-order valence-corrected chi connectivity index (χ4v) is 2.47. The molecule has 9 N–H and O–H groups in total. The third-order valence-electron chi connectivity index (χ3n) is 4.10. The van der Waals surface area contributed by atoms with Crippen LogP contribution in [0.15, 0.2) is 0 Å². The Kier molecular flexibility index (Phi) is 9.62. The highest BCUT2D eigenvalue weighted by atomic mass is 16.7. The van der Waals surface area contributed by atoms with Crippen molar-refractivity contribution in [3.8, 4) is 0 Å². The number of ether oxygens (including phenoxy) is 2. The molecule has 0 amide bonds. The summed E-state index contributed by atoms with van der Waals surface area (Å²) in [6, 6.07) is 0. The Morgan fingerprint density at radius 3 is 2.12 bits per heavy atom. The molecule has 11 nitrogen and oxygen atoms in total. The number of aliphatic hydroxyl groups is 8.